The Hall–Kier alpha value is -0.760. The fourth-order valence-corrected chi connectivity index (χ4v) is 1.77. The van der Waals surface area contributed by atoms with Crippen LogP contribution in [0.1, 0.15) is 0 Å². The molecule has 0 aliphatic carbocycles. The third-order valence-electron chi connectivity index (χ3n) is 2.43. The second-order valence-corrected chi connectivity index (χ2v) is 3.43. The topological polar surface area (TPSA) is 80.1 Å². The molecule has 0 aromatic carbocycles. The van der Waals surface area contributed by atoms with Gasteiger partial charge in [-0.15, -0.1) is 0 Å². The maximum Gasteiger partial charge on any atom is 0.264 e. The van der Waals surface area contributed by atoms with E-state index in [1.807, 2.05) is 0 Å². The Bertz CT molecular complexity index is 233. The summed E-state index contributed by atoms with van der Waals surface area (Å²) in [4.78, 5) is 10.1. The van der Waals surface area contributed by atoms with E-state index in [2.05, 4.69) is 0 Å². The van der Waals surface area contributed by atoms with E-state index in [-0.39, 0.29) is 6.61 Å². The number of hydrogen-bond donors (Lipinski definition) is 0. The molecule has 7 heteroatoms. The minimum absolute atomic E-state index is 0.272. The minimum Gasteiger partial charge on any atom is -0.376 e. The van der Waals surface area contributed by atoms with Gasteiger partial charge >= 0.3 is 0 Å². The molecule has 2 aliphatic rings. The molecule has 86 valence electrons. The van der Waals surface area contributed by atoms with Gasteiger partial charge < -0.3 is 18.9 Å². The van der Waals surface area contributed by atoms with Gasteiger partial charge in [-0.2, -0.15) is 0 Å². The van der Waals surface area contributed by atoms with Crippen molar-refractivity contribution in [3.05, 3.63) is 10.1 Å². The Labute approximate surface area is 86.4 Å². The SMILES string of the molecule is O=[N+]([O-])CC1(C2COCCO2)OCCO1. The Morgan fingerprint density at radius 3 is 2.53 bits per heavy atom. The molecule has 0 radical (unpaired) electrons. The van der Waals surface area contributed by atoms with Crippen molar-refractivity contribution in [2.45, 2.75) is 11.9 Å². The van der Waals surface area contributed by atoms with E-state index >= 15 is 0 Å². The minimum atomic E-state index is -1.26. The molecule has 15 heavy (non-hydrogen) atoms. The summed E-state index contributed by atoms with van der Waals surface area (Å²) in [5.74, 6) is -1.26. The average molecular weight is 219 g/mol. The van der Waals surface area contributed by atoms with E-state index in [9.17, 15) is 10.1 Å². The largest absolute Gasteiger partial charge is 0.376 e. The summed E-state index contributed by atoms with van der Waals surface area (Å²) in [7, 11) is 0. The second-order valence-electron chi connectivity index (χ2n) is 3.43. The van der Waals surface area contributed by atoms with Gasteiger partial charge in [0, 0.05) is 4.92 Å². The predicted octanol–water partition coefficient (Wildman–Crippen LogP) is -0.578. The highest BCUT2D eigenvalue weighted by Crippen LogP contribution is 2.27. The van der Waals surface area contributed by atoms with Crippen LogP contribution in [0.25, 0.3) is 0 Å². The van der Waals surface area contributed by atoms with Gasteiger partial charge in [0.15, 0.2) is 0 Å². The predicted molar refractivity (Wildman–Crippen MR) is 47.1 cm³/mol. The van der Waals surface area contributed by atoms with Crippen molar-refractivity contribution in [1.82, 2.24) is 0 Å². The van der Waals surface area contributed by atoms with Crippen molar-refractivity contribution in [2.24, 2.45) is 0 Å². The van der Waals surface area contributed by atoms with E-state index in [0.717, 1.165) is 0 Å². The number of hydrogen-bond acceptors (Lipinski definition) is 6. The van der Waals surface area contributed by atoms with Crippen molar-refractivity contribution in [2.75, 3.05) is 39.6 Å². The lowest BCUT2D eigenvalue weighted by Crippen LogP contribution is -2.54. The standard InChI is InChI=1S/C8H13NO6/c10-9(11)6-8(14-3-4-15-8)7-5-12-1-2-13-7/h7H,1-6H2. The van der Waals surface area contributed by atoms with E-state index in [1.165, 1.54) is 0 Å². The van der Waals surface area contributed by atoms with Crippen molar-refractivity contribution in [3.8, 4) is 0 Å². The van der Waals surface area contributed by atoms with Crippen molar-refractivity contribution in [1.29, 1.82) is 0 Å². The molecule has 2 saturated heterocycles. The fourth-order valence-electron chi connectivity index (χ4n) is 1.77. The van der Waals surface area contributed by atoms with Gasteiger partial charge in [-0.25, -0.2) is 0 Å². The van der Waals surface area contributed by atoms with Gasteiger partial charge in [0.2, 0.25) is 0 Å². The molecular formula is C8H13NO6. The summed E-state index contributed by atoms with van der Waals surface area (Å²) in [6.45, 7) is 1.48. The van der Waals surface area contributed by atoms with Crippen LogP contribution in [0.5, 0.6) is 0 Å². The van der Waals surface area contributed by atoms with Crippen LogP contribution < -0.4 is 0 Å². The third-order valence-corrected chi connectivity index (χ3v) is 2.43. The molecule has 0 spiro atoms. The van der Waals surface area contributed by atoms with Gasteiger partial charge in [0.05, 0.1) is 33.0 Å². The number of nitrogens with zero attached hydrogens (tertiary/aromatic N) is 1. The first-order valence-corrected chi connectivity index (χ1v) is 4.82. The third kappa shape index (κ3) is 2.25. The molecule has 7 nitrogen and oxygen atoms in total. The first-order chi connectivity index (χ1) is 7.23. The quantitative estimate of drug-likeness (QED) is 0.466. The zero-order valence-corrected chi connectivity index (χ0v) is 8.22. The lowest BCUT2D eigenvalue weighted by Gasteiger charge is -2.34. The van der Waals surface area contributed by atoms with Crippen molar-refractivity contribution in [3.63, 3.8) is 0 Å². The van der Waals surface area contributed by atoms with Crippen LogP contribution in [-0.2, 0) is 18.9 Å². The highest BCUT2D eigenvalue weighted by Gasteiger charge is 2.51. The molecule has 2 fully saturated rings. The smallest absolute Gasteiger partial charge is 0.264 e. The molecule has 2 heterocycles. The van der Waals surface area contributed by atoms with Crippen LogP contribution in [-0.4, -0.2) is 56.4 Å². The molecular weight excluding hydrogens is 206 g/mol. The summed E-state index contributed by atoms with van der Waals surface area (Å²) in [5, 5.41) is 10.6. The Balaban J connectivity index is 2.06. The number of nitro groups is 1. The molecule has 2 aliphatic heterocycles. The van der Waals surface area contributed by atoms with E-state index < -0.39 is 23.4 Å². The zero-order valence-electron chi connectivity index (χ0n) is 8.22. The Morgan fingerprint density at radius 1 is 1.27 bits per heavy atom. The van der Waals surface area contributed by atoms with E-state index in [4.69, 9.17) is 18.9 Å². The van der Waals surface area contributed by atoms with Gasteiger partial charge in [-0.3, -0.25) is 10.1 Å². The van der Waals surface area contributed by atoms with Crippen LogP contribution in [0.4, 0.5) is 0 Å². The highest BCUT2D eigenvalue weighted by molar-refractivity contribution is 4.84. The van der Waals surface area contributed by atoms with Gasteiger partial charge in [0.25, 0.3) is 12.3 Å². The summed E-state index contributed by atoms with van der Waals surface area (Å²) < 4.78 is 21.2. The molecule has 0 aromatic rings. The lowest BCUT2D eigenvalue weighted by molar-refractivity contribution is -0.523. The molecule has 0 saturated carbocycles. The van der Waals surface area contributed by atoms with Crippen molar-refractivity contribution < 1.29 is 23.9 Å². The van der Waals surface area contributed by atoms with E-state index in [1.54, 1.807) is 0 Å². The molecule has 0 N–H and O–H groups in total. The molecule has 2 rings (SSSR count). The maximum atomic E-state index is 10.6. The molecule has 0 aromatic heterocycles. The Morgan fingerprint density at radius 2 is 2.00 bits per heavy atom. The number of ether oxygens (including phenoxy) is 4. The van der Waals surface area contributed by atoms with Gasteiger partial charge in [-0.05, 0) is 0 Å². The normalized spacial score (nSPS) is 30.3. The summed E-state index contributed by atoms with van der Waals surface area (Å²) in [6, 6.07) is 0. The number of rotatable bonds is 3. The van der Waals surface area contributed by atoms with Crippen LogP contribution in [0.3, 0.4) is 0 Å². The molecule has 0 bridgehead atoms. The molecule has 0 amide bonds. The van der Waals surface area contributed by atoms with E-state index in [0.29, 0.717) is 26.4 Å². The average Bonchev–Trinajstić information content (AvgIpc) is 2.68. The maximum absolute atomic E-state index is 10.6. The zero-order chi connectivity index (χ0) is 10.7. The lowest BCUT2D eigenvalue weighted by atomic mass is 10.1. The molecule has 1 atom stereocenters. The van der Waals surface area contributed by atoms with Crippen LogP contribution in [0.15, 0.2) is 0 Å². The second kappa shape index (κ2) is 4.40. The summed E-state index contributed by atoms with van der Waals surface area (Å²) >= 11 is 0. The fraction of sp³-hybridized carbons (Fsp3) is 1.00. The Kier molecular flexibility index (Phi) is 3.15. The monoisotopic (exact) mass is 219 g/mol. The summed E-state index contributed by atoms with van der Waals surface area (Å²) in [5.41, 5.74) is 0. The van der Waals surface area contributed by atoms with Crippen LogP contribution >= 0.6 is 0 Å². The van der Waals surface area contributed by atoms with Crippen molar-refractivity contribution >= 4 is 0 Å². The summed E-state index contributed by atoms with van der Waals surface area (Å²) in [6.07, 6.45) is -0.515. The molecule has 1 unspecified atom stereocenters. The van der Waals surface area contributed by atoms with Gasteiger partial charge in [0.1, 0.15) is 6.10 Å². The van der Waals surface area contributed by atoms with Gasteiger partial charge in [-0.1, -0.05) is 0 Å². The first-order valence-electron chi connectivity index (χ1n) is 4.82. The van der Waals surface area contributed by atoms with Crippen LogP contribution in [0.2, 0.25) is 0 Å². The first kappa shape index (κ1) is 10.7. The highest BCUT2D eigenvalue weighted by atomic mass is 16.8. The van der Waals surface area contributed by atoms with Crippen LogP contribution in [0, 0.1) is 10.1 Å².